The number of hydrogen-bond acceptors (Lipinski definition) is 6. The molecular weight excluding hydrogens is 461 g/mol. The van der Waals surface area contributed by atoms with E-state index in [1.54, 1.807) is 23.6 Å². The molecule has 1 saturated heterocycles. The van der Waals surface area contributed by atoms with E-state index in [4.69, 9.17) is 27.9 Å². The number of nitrogens with zero attached hydrogens (tertiary/aromatic N) is 1. The number of hydrogen-bond donors (Lipinski definition) is 2. The minimum Gasteiger partial charge on any atom is -0.507 e. The first-order valence-corrected chi connectivity index (χ1v) is 10.6. The van der Waals surface area contributed by atoms with Crippen LogP contribution in [-0.2, 0) is 9.59 Å². The standard InChI is InChI=1S/C22H15Cl2NO5S/c1-30-12-5-6-14(24)13(10-12)20(27)18-19(17-3-2-8-31-17)25(22(29)21(18)28)15-9-11(23)4-7-16(15)26/h2-10,19,26-27H,1H3/b20-18-. The topological polar surface area (TPSA) is 87.1 Å². The van der Waals surface area contributed by atoms with E-state index in [9.17, 15) is 19.8 Å². The molecule has 0 aliphatic carbocycles. The predicted octanol–water partition coefficient (Wildman–Crippen LogP) is 5.40. The van der Waals surface area contributed by atoms with E-state index in [0.29, 0.717) is 10.6 Å². The molecule has 6 nitrogen and oxygen atoms in total. The van der Waals surface area contributed by atoms with Gasteiger partial charge in [0, 0.05) is 15.5 Å². The van der Waals surface area contributed by atoms with Crippen molar-refractivity contribution in [2.24, 2.45) is 0 Å². The molecule has 31 heavy (non-hydrogen) atoms. The number of ether oxygens (including phenoxy) is 1. The molecule has 9 heteroatoms. The van der Waals surface area contributed by atoms with Crippen LogP contribution in [0.5, 0.6) is 11.5 Å². The number of ketones is 1. The largest absolute Gasteiger partial charge is 0.507 e. The van der Waals surface area contributed by atoms with Crippen molar-refractivity contribution in [1.82, 2.24) is 0 Å². The Hall–Kier alpha value is -3.00. The number of amides is 1. The molecule has 1 unspecified atom stereocenters. The molecule has 0 saturated carbocycles. The van der Waals surface area contributed by atoms with Gasteiger partial charge < -0.3 is 14.9 Å². The van der Waals surface area contributed by atoms with Crippen LogP contribution in [0.4, 0.5) is 5.69 Å². The van der Waals surface area contributed by atoms with E-state index < -0.39 is 23.5 Å². The highest BCUT2D eigenvalue weighted by atomic mass is 35.5. The third-order valence-electron chi connectivity index (χ3n) is 4.88. The lowest BCUT2D eigenvalue weighted by atomic mass is 9.99. The van der Waals surface area contributed by atoms with Gasteiger partial charge in [0.2, 0.25) is 0 Å². The van der Waals surface area contributed by atoms with Gasteiger partial charge in [0.25, 0.3) is 11.7 Å². The van der Waals surface area contributed by atoms with Crippen molar-refractivity contribution >= 4 is 57.7 Å². The van der Waals surface area contributed by atoms with Crippen LogP contribution in [0, 0.1) is 0 Å². The fraction of sp³-hybridized carbons (Fsp3) is 0.0909. The molecule has 1 amide bonds. The van der Waals surface area contributed by atoms with Crippen molar-refractivity contribution in [3.63, 3.8) is 0 Å². The van der Waals surface area contributed by atoms with Crippen LogP contribution < -0.4 is 9.64 Å². The molecule has 2 heterocycles. The summed E-state index contributed by atoms with van der Waals surface area (Å²) in [6.45, 7) is 0. The van der Waals surface area contributed by atoms with Gasteiger partial charge in [-0.3, -0.25) is 14.5 Å². The van der Waals surface area contributed by atoms with Gasteiger partial charge in [-0.1, -0.05) is 29.3 Å². The minimum absolute atomic E-state index is 0.0591. The van der Waals surface area contributed by atoms with Crippen LogP contribution in [0.25, 0.3) is 5.76 Å². The molecule has 2 aromatic carbocycles. The molecule has 1 atom stereocenters. The van der Waals surface area contributed by atoms with Gasteiger partial charge in [0.1, 0.15) is 23.3 Å². The van der Waals surface area contributed by atoms with E-state index in [2.05, 4.69) is 0 Å². The molecule has 158 valence electrons. The Morgan fingerprint density at radius 3 is 2.58 bits per heavy atom. The highest BCUT2D eigenvalue weighted by Gasteiger charge is 2.48. The lowest BCUT2D eigenvalue weighted by Crippen LogP contribution is -2.29. The van der Waals surface area contributed by atoms with Gasteiger partial charge in [-0.2, -0.15) is 0 Å². The van der Waals surface area contributed by atoms with Crippen LogP contribution in [0.3, 0.4) is 0 Å². The van der Waals surface area contributed by atoms with Crippen molar-refractivity contribution in [2.45, 2.75) is 6.04 Å². The second-order valence-corrected chi connectivity index (χ2v) is 8.49. The number of carbonyl (C=O) groups excluding carboxylic acids is 2. The lowest BCUT2D eigenvalue weighted by Gasteiger charge is -2.25. The molecule has 1 fully saturated rings. The zero-order valence-corrected chi connectivity index (χ0v) is 18.3. The summed E-state index contributed by atoms with van der Waals surface area (Å²) in [6.07, 6.45) is 0. The summed E-state index contributed by atoms with van der Waals surface area (Å²) in [6, 6.07) is 11.3. The number of anilines is 1. The van der Waals surface area contributed by atoms with Crippen molar-refractivity contribution in [3.05, 3.63) is 80.0 Å². The molecule has 1 aliphatic heterocycles. The molecule has 2 N–H and O–H groups in total. The summed E-state index contributed by atoms with van der Waals surface area (Å²) in [4.78, 5) is 27.9. The van der Waals surface area contributed by atoms with E-state index >= 15 is 0 Å². The molecule has 3 aromatic rings. The number of halogens is 2. The van der Waals surface area contributed by atoms with Crippen LogP contribution in [-0.4, -0.2) is 29.0 Å². The molecule has 1 aliphatic rings. The first-order chi connectivity index (χ1) is 14.8. The Balaban J connectivity index is 1.98. The van der Waals surface area contributed by atoms with Gasteiger partial charge >= 0.3 is 0 Å². The smallest absolute Gasteiger partial charge is 0.300 e. The number of aliphatic hydroxyl groups is 1. The molecule has 0 spiro atoms. The van der Waals surface area contributed by atoms with Gasteiger partial charge in [0.05, 0.1) is 23.4 Å². The number of aliphatic hydroxyl groups excluding tert-OH is 1. The summed E-state index contributed by atoms with van der Waals surface area (Å²) in [7, 11) is 1.46. The molecule has 0 radical (unpaired) electrons. The van der Waals surface area contributed by atoms with E-state index in [1.165, 1.54) is 48.8 Å². The summed E-state index contributed by atoms with van der Waals surface area (Å²) in [5, 5.41) is 23.8. The third-order valence-corrected chi connectivity index (χ3v) is 6.37. The first kappa shape index (κ1) is 21.2. The average Bonchev–Trinajstić information content (AvgIpc) is 3.37. The van der Waals surface area contributed by atoms with Gasteiger partial charge in [0.15, 0.2) is 0 Å². The zero-order chi connectivity index (χ0) is 22.3. The Labute approximate surface area is 191 Å². The molecule has 0 bridgehead atoms. The van der Waals surface area contributed by atoms with Crippen LogP contribution in [0.2, 0.25) is 10.0 Å². The van der Waals surface area contributed by atoms with Crippen molar-refractivity contribution < 1.29 is 24.5 Å². The van der Waals surface area contributed by atoms with Crippen LogP contribution in [0.1, 0.15) is 16.5 Å². The Bertz CT molecular complexity index is 1220. The average molecular weight is 476 g/mol. The number of Topliss-reactive ketones (excluding diaryl/α,β-unsaturated/α-hetero) is 1. The van der Waals surface area contributed by atoms with Crippen LogP contribution >= 0.6 is 34.5 Å². The van der Waals surface area contributed by atoms with Gasteiger partial charge in [-0.25, -0.2) is 0 Å². The minimum atomic E-state index is -0.980. The van der Waals surface area contributed by atoms with E-state index in [0.717, 1.165) is 4.90 Å². The SMILES string of the molecule is COc1ccc(Cl)c(/C(O)=C2/C(=O)C(=O)N(c3cc(Cl)ccc3O)C2c2cccs2)c1. The first-order valence-electron chi connectivity index (χ1n) is 9.00. The quantitative estimate of drug-likeness (QED) is 0.299. The number of carbonyl (C=O) groups is 2. The summed E-state index contributed by atoms with van der Waals surface area (Å²) in [5.74, 6) is -2.07. The van der Waals surface area contributed by atoms with Crippen molar-refractivity contribution in [3.8, 4) is 11.5 Å². The Kier molecular flexibility index (Phi) is 5.66. The number of benzene rings is 2. The Morgan fingerprint density at radius 2 is 1.90 bits per heavy atom. The fourth-order valence-corrected chi connectivity index (χ4v) is 4.64. The Morgan fingerprint density at radius 1 is 1.13 bits per heavy atom. The monoisotopic (exact) mass is 475 g/mol. The van der Waals surface area contributed by atoms with Gasteiger partial charge in [-0.15, -0.1) is 11.3 Å². The normalized spacial score (nSPS) is 17.9. The second-order valence-electron chi connectivity index (χ2n) is 6.66. The summed E-state index contributed by atoms with van der Waals surface area (Å²) >= 11 is 13.6. The fourth-order valence-electron chi connectivity index (χ4n) is 3.44. The van der Waals surface area contributed by atoms with Crippen molar-refractivity contribution in [2.75, 3.05) is 12.0 Å². The number of rotatable bonds is 4. The number of thiophene rings is 1. The summed E-state index contributed by atoms with van der Waals surface area (Å²) in [5.41, 5.74) is 0.0571. The van der Waals surface area contributed by atoms with Crippen molar-refractivity contribution in [1.29, 1.82) is 0 Å². The molecule has 4 rings (SSSR count). The highest BCUT2D eigenvalue weighted by molar-refractivity contribution is 7.10. The van der Waals surface area contributed by atoms with Crippen LogP contribution in [0.15, 0.2) is 59.5 Å². The predicted molar refractivity (Wildman–Crippen MR) is 120 cm³/mol. The third kappa shape index (κ3) is 3.65. The maximum absolute atomic E-state index is 13.1. The van der Waals surface area contributed by atoms with E-state index in [1.807, 2.05) is 0 Å². The second kappa shape index (κ2) is 8.26. The molecule has 1 aromatic heterocycles. The van der Waals surface area contributed by atoms with Gasteiger partial charge in [-0.05, 0) is 47.8 Å². The maximum atomic E-state index is 13.1. The molecular formula is C22H15Cl2NO5S. The highest BCUT2D eigenvalue weighted by Crippen LogP contribution is 2.47. The maximum Gasteiger partial charge on any atom is 0.300 e. The zero-order valence-electron chi connectivity index (χ0n) is 16.0. The number of phenols is 1. The number of phenolic OH excluding ortho intramolecular Hbond substituents is 1. The van der Waals surface area contributed by atoms with E-state index in [-0.39, 0.29) is 32.6 Å². The number of methoxy groups -OCH3 is 1. The number of aromatic hydroxyl groups is 1. The lowest BCUT2D eigenvalue weighted by molar-refractivity contribution is -0.132. The summed E-state index contributed by atoms with van der Waals surface area (Å²) < 4.78 is 5.19.